The zero-order chi connectivity index (χ0) is 13.1. The second-order valence-corrected chi connectivity index (χ2v) is 4.56. The molecule has 6 heteroatoms. The van der Waals surface area contributed by atoms with Crippen LogP contribution >= 0.6 is 28.3 Å². The van der Waals surface area contributed by atoms with E-state index in [1.165, 1.54) is 6.07 Å². The fourth-order valence-corrected chi connectivity index (χ4v) is 2.00. The van der Waals surface area contributed by atoms with Crippen molar-refractivity contribution in [3.05, 3.63) is 46.5 Å². The lowest BCUT2D eigenvalue weighted by atomic mass is 10.0. The molecule has 0 aromatic heterocycles. The molecule has 0 aliphatic heterocycles. The molecular formula is C12H14BrClF3N. The first-order valence-electron chi connectivity index (χ1n) is 5.09. The molecule has 0 bridgehead atoms. The van der Waals surface area contributed by atoms with Crippen molar-refractivity contribution in [3.8, 4) is 0 Å². The molecule has 1 rings (SSSR count). The highest BCUT2D eigenvalue weighted by Crippen LogP contribution is 2.34. The first-order valence-corrected chi connectivity index (χ1v) is 5.88. The summed E-state index contributed by atoms with van der Waals surface area (Å²) >= 11 is 3.22. The van der Waals surface area contributed by atoms with Crippen molar-refractivity contribution in [2.45, 2.75) is 25.1 Å². The molecule has 1 aromatic carbocycles. The number of allylic oxidation sites excluding steroid dienone is 1. The number of halogens is 5. The Kier molecular flexibility index (Phi) is 6.96. The van der Waals surface area contributed by atoms with Crippen LogP contribution in [0.15, 0.2) is 35.3 Å². The maximum absolute atomic E-state index is 12.5. The van der Waals surface area contributed by atoms with Crippen molar-refractivity contribution in [1.29, 1.82) is 0 Å². The number of nitrogens with two attached hydrogens (primary N) is 1. The topological polar surface area (TPSA) is 26.0 Å². The third-order valence-electron chi connectivity index (χ3n) is 2.40. The quantitative estimate of drug-likeness (QED) is 0.776. The largest absolute Gasteiger partial charge is 0.416 e. The molecule has 0 saturated heterocycles. The van der Waals surface area contributed by atoms with E-state index in [2.05, 4.69) is 22.5 Å². The second kappa shape index (κ2) is 7.16. The van der Waals surface area contributed by atoms with E-state index in [1.54, 1.807) is 6.08 Å². The Morgan fingerprint density at radius 1 is 1.39 bits per heavy atom. The normalized spacial score (nSPS) is 12.7. The van der Waals surface area contributed by atoms with E-state index in [-0.39, 0.29) is 12.4 Å². The predicted molar refractivity (Wildman–Crippen MR) is 72.8 cm³/mol. The number of rotatable bonds is 4. The van der Waals surface area contributed by atoms with Gasteiger partial charge in [-0.3, -0.25) is 0 Å². The highest BCUT2D eigenvalue weighted by Gasteiger charge is 2.31. The lowest BCUT2D eigenvalue weighted by Crippen LogP contribution is -2.13. The zero-order valence-electron chi connectivity index (χ0n) is 9.51. The molecule has 102 valence electrons. The van der Waals surface area contributed by atoms with Gasteiger partial charge in [-0.05, 0) is 36.6 Å². The van der Waals surface area contributed by atoms with Crippen molar-refractivity contribution in [3.63, 3.8) is 0 Å². The average molecular weight is 345 g/mol. The molecule has 1 aromatic rings. The van der Waals surface area contributed by atoms with E-state index < -0.39 is 17.8 Å². The molecule has 1 atom stereocenters. The highest BCUT2D eigenvalue weighted by atomic mass is 79.9. The van der Waals surface area contributed by atoms with Crippen LogP contribution in [0.25, 0.3) is 0 Å². The first kappa shape index (κ1) is 17.5. The molecular weight excluding hydrogens is 330 g/mol. The van der Waals surface area contributed by atoms with Gasteiger partial charge >= 0.3 is 6.18 Å². The van der Waals surface area contributed by atoms with Gasteiger partial charge < -0.3 is 5.73 Å². The minimum Gasteiger partial charge on any atom is -0.324 e. The maximum Gasteiger partial charge on any atom is 0.416 e. The summed E-state index contributed by atoms with van der Waals surface area (Å²) in [7, 11) is 0. The molecule has 0 unspecified atom stereocenters. The zero-order valence-corrected chi connectivity index (χ0v) is 11.9. The molecule has 0 aliphatic rings. The molecule has 0 saturated carbocycles. The van der Waals surface area contributed by atoms with Crippen molar-refractivity contribution < 1.29 is 13.2 Å². The summed E-state index contributed by atoms with van der Waals surface area (Å²) in [5.41, 5.74) is 5.65. The van der Waals surface area contributed by atoms with Crippen LogP contribution in [0.4, 0.5) is 13.2 Å². The monoisotopic (exact) mass is 343 g/mol. The molecule has 0 radical (unpaired) electrons. The minimum atomic E-state index is -4.34. The summed E-state index contributed by atoms with van der Waals surface area (Å²) in [5, 5.41) is 0. The van der Waals surface area contributed by atoms with Crippen molar-refractivity contribution in [1.82, 2.24) is 0 Å². The van der Waals surface area contributed by atoms with E-state index in [9.17, 15) is 13.2 Å². The standard InChI is InChI=1S/C12H13BrF3N.ClH/c1-2-3-4-11(17)9-7-8(12(14,15)16)5-6-10(9)13;/h2,5-7,11H,1,3-4,17H2;1H/t11-;/m1./s1. The molecule has 0 fully saturated rings. The molecule has 0 heterocycles. The fourth-order valence-electron chi connectivity index (χ4n) is 1.46. The Morgan fingerprint density at radius 3 is 2.50 bits per heavy atom. The van der Waals surface area contributed by atoms with Crippen molar-refractivity contribution in [2.24, 2.45) is 5.73 Å². The van der Waals surface area contributed by atoms with E-state index in [4.69, 9.17) is 5.73 Å². The van der Waals surface area contributed by atoms with Gasteiger partial charge in [-0.1, -0.05) is 22.0 Å². The molecule has 0 spiro atoms. The summed E-state index contributed by atoms with van der Waals surface area (Å²) in [6.07, 6.45) is -1.40. The summed E-state index contributed by atoms with van der Waals surface area (Å²) in [6, 6.07) is 3.09. The van der Waals surface area contributed by atoms with Gasteiger partial charge in [-0.15, -0.1) is 19.0 Å². The van der Waals surface area contributed by atoms with Gasteiger partial charge in [0.25, 0.3) is 0 Å². The fraction of sp³-hybridized carbons (Fsp3) is 0.333. The van der Waals surface area contributed by atoms with Gasteiger partial charge in [-0.2, -0.15) is 13.2 Å². The number of hydrogen-bond donors (Lipinski definition) is 1. The molecule has 1 nitrogen and oxygen atoms in total. The Morgan fingerprint density at radius 2 is 2.00 bits per heavy atom. The molecule has 0 amide bonds. The smallest absolute Gasteiger partial charge is 0.324 e. The third kappa shape index (κ3) is 4.63. The van der Waals surface area contributed by atoms with E-state index in [1.807, 2.05) is 0 Å². The SMILES string of the molecule is C=CCC[C@@H](N)c1cc(C(F)(F)F)ccc1Br.Cl. The van der Waals surface area contributed by atoms with Crippen LogP contribution in [-0.4, -0.2) is 0 Å². The molecule has 2 N–H and O–H groups in total. The number of benzene rings is 1. The van der Waals surface area contributed by atoms with Gasteiger partial charge in [0.1, 0.15) is 0 Å². The summed E-state index contributed by atoms with van der Waals surface area (Å²) in [6.45, 7) is 3.56. The van der Waals surface area contributed by atoms with Crippen LogP contribution in [0, 0.1) is 0 Å². The molecule has 18 heavy (non-hydrogen) atoms. The van der Waals surface area contributed by atoms with Gasteiger partial charge in [0.2, 0.25) is 0 Å². The third-order valence-corrected chi connectivity index (χ3v) is 3.13. The van der Waals surface area contributed by atoms with Crippen LogP contribution in [-0.2, 0) is 6.18 Å². The summed E-state index contributed by atoms with van der Waals surface area (Å²) in [5.74, 6) is 0. The van der Waals surface area contributed by atoms with Gasteiger partial charge in [0.05, 0.1) is 5.56 Å². The first-order chi connectivity index (χ1) is 7.86. The van der Waals surface area contributed by atoms with Crippen molar-refractivity contribution in [2.75, 3.05) is 0 Å². The number of hydrogen-bond acceptors (Lipinski definition) is 1. The summed E-state index contributed by atoms with van der Waals surface area (Å²) < 4.78 is 38.2. The second-order valence-electron chi connectivity index (χ2n) is 3.71. The van der Waals surface area contributed by atoms with Crippen LogP contribution in [0.1, 0.15) is 30.0 Å². The molecule has 0 aliphatic carbocycles. The number of alkyl halides is 3. The van der Waals surface area contributed by atoms with E-state index in [0.29, 0.717) is 22.9 Å². The lowest BCUT2D eigenvalue weighted by Gasteiger charge is -2.15. The van der Waals surface area contributed by atoms with Gasteiger partial charge in [0.15, 0.2) is 0 Å². The van der Waals surface area contributed by atoms with Crippen LogP contribution in [0.5, 0.6) is 0 Å². The Hall–Kier alpha value is -0.520. The Labute approximate surface area is 119 Å². The van der Waals surface area contributed by atoms with Crippen LogP contribution in [0.2, 0.25) is 0 Å². The Bertz CT molecular complexity index is 407. The highest BCUT2D eigenvalue weighted by molar-refractivity contribution is 9.10. The Balaban J connectivity index is 0.00000289. The van der Waals surface area contributed by atoms with Crippen molar-refractivity contribution >= 4 is 28.3 Å². The van der Waals surface area contributed by atoms with Crippen LogP contribution in [0.3, 0.4) is 0 Å². The van der Waals surface area contributed by atoms with Gasteiger partial charge in [0, 0.05) is 10.5 Å². The van der Waals surface area contributed by atoms with Crippen LogP contribution < -0.4 is 5.73 Å². The van der Waals surface area contributed by atoms with Gasteiger partial charge in [-0.25, -0.2) is 0 Å². The van der Waals surface area contributed by atoms with E-state index in [0.717, 1.165) is 12.1 Å². The summed E-state index contributed by atoms with van der Waals surface area (Å²) in [4.78, 5) is 0. The average Bonchev–Trinajstić information content (AvgIpc) is 2.24. The minimum absolute atomic E-state index is 0. The van der Waals surface area contributed by atoms with E-state index >= 15 is 0 Å². The maximum atomic E-state index is 12.5. The predicted octanol–water partition coefficient (Wildman–Crippen LogP) is 4.86. The lowest BCUT2D eigenvalue weighted by molar-refractivity contribution is -0.137.